The predicted molar refractivity (Wildman–Crippen MR) is 80.4 cm³/mol. The van der Waals surface area contributed by atoms with Gasteiger partial charge >= 0.3 is 0 Å². The minimum Gasteiger partial charge on any atom is -0.382 e. The number of ether oxygens (including phenoxy) is 1. The fraction of sp³-hybridized carbons (Fsp3) is 0.400. The van der Waals surface area contributed by atoms with Gasteiger partial charge in [0.25, 0.3) is 5.91 Å². The summed E-state index contributed by atoms with van der Waals surface area (Å²) in [5, 5.41) is 14.5. The zero-order valence-corrected chi connectivity index (χ0v) is 12.3. The molecule has 0 atom stereocenters. The highest BCUT2D eigenvalue weighted by Crippen LogP contribution is 2.04. The molecule has 112 valence electrons. The minimum atomic E-state index is -0.408. The Balaban J connectivity index is 2.47. The third kappa shape index (κ3) is 6.54. The zero-order chi connectivity index (χ0) is 15.5. The van der Waals surface area contributed by atoms with E-state index in [9.17, 15) is 4.79 Å². The van der Waals surface area contributed by atoms with Gasteiger partial charge in [-0.1, -0.05) is 6.07 Å². The van der Waals surface area contributed by atoms with Crippen LogP contribution < -0.4 is 10.6 Å². The molecule has 6 heteroatoms. The molecular formula is C15H20N4O2. The maximum Gasteiger partial charge on any atom is 0.263 e. The Morgan fingerprint density at radius 2 is 2.33 bits per heavy atom. The van der Waals surface area contributed by atoms with E-state index in [1.807, 2.05) is 32.0 Å². The minimum absolute atomic E-state index is 0.00900. The summed E-state index contributed by atoms with van der Waals surface area (Å²) in [7, 11) is 0. The Hall–Kier alpha value is -2.39. The van der Waals surface area contributed by atoms with Gasteiger partial charge < -0.3 is 15.4 Å². The molecule has 0 saturated heterocycles. The van der Waals surface area contributed by atoms with Crippen molar-refractivity contribution in [3.05, 3.63) is 35.7 Å². The zero-order valence-electron chi connectivity index (χ0n) is 12.3. The monoisotopic (exact) mass is 288 g/mol. The van der Waals surface area contributed by atoms with E-state index >= 15 is 0 Å². The molecule has 1 aromatic rings. The third-order valence-corrected chi connectivity index (χ3v) is 2.57. The number of hydrogen-bond donors (Lipinski definition) is 2. The first-order valence-electron chi connectivity index (χ1n) is 6.83. The van der Waals surface area contributed by atoms with Crippen LogP contribution in [0, 0.1) is 18.3 Å². The molecule has 1 aromatic heterocycles. The molecule has 0 radical (unpaired) electrons. The summed E-state index contributed by atoms with van der Waals surface area (Å²) < 4.78 is 5.17. The molecule has 1 heterocycles. The molecule has 0 aliphatic carbocycles. The molecule has 0 aliphatic heterocycles. The molecule has 0 saturated carbocycles. The summed E-state index contributed by atoms with van der Waals surface area (Å²) in [6.45, 7) is 5.50. The number of aromatic nitrogens is 1. The summed E-state index contributed by atoms with van der Waals surface area (Å²) >= 11 is 0. The number of aryl methyl sites for hydroxylation is 1. The molecule has 2 N–H and O–H groups in total. The average Bonchev–Trinajstić information content (AvgIpc) is 2.48. The van der Waals surface area contributed by atoms with Gasteiger partial charge in [0, 0.05) is 31.7 Å². The van der Waals surface area contributed by atoms with Crippen LogP contribution in [-0.4, -0.2) is 30.6 Å². The number of carbonyl (C=O) groups is 1. The van der Waals surface area contributed by atoms with Crippen molar-refractivity contribution >= 4 is 11.7 Å². The normalized spacial score (nSPS) is 10.8. The summed E-state index contributed by atoms with van der Waals surface area (Å²) in [5.74, 6) is 0.182. The molecule has 0 fully saturated rings. The smallest absolute Gasteiger partial charge is 0.263 e. The highest BCUT2D eigenvalue weighted by Gasteiger charge is 2.07. The van der Waals surface area contributed by atoms with Crippen LogP contribution in [0.3, 0.4) is 0 Å². The van der Waals surface area contributed by atoms with Crippen LogP contribution in [0.15, 0.2) is 30.0 Å². The number of nitriles is 1. The van der Waals surface area contributed by atoms with E-state index in [0.717, 1.165) is 5.69 Å². The number of pyridine rings is 1. The van der Waals surface area contributed by atoms with Crippen LogP contribution >= 0.6 is 0 Å². The quantitative estimate of drug-likeness (QED) is 0.432. The topological polar surface area (TPSA) is 87.0 Å². The largest absolute Gasteiger partial charge is 0.382 e. The second kappa shape index (κ2) is 9.50. The van der Waals surface area contributed by atoms with Crippen molar-refractivity contribution < 1.29 is 9.53 Å². The van der Waals surface area contributed by atoms with Crippen molar-refractivity contribution in [1.82, 2.24) is 10.3 Å². The van der Waals surface area contributed by atoms with E-state index in [1.54, 1.807) is 6.07 Å². The van der Waals surface area contributed by atoms with Crippen LogP contribution in [0.5, 0.6) is 0 Å². The summed E-state index contributed by atoms with van der Waals surface area (Å²) in [4.78, 5) is 16.0. The molecule has 1 amide bonds. The van der Waals surface area contributed by atoms with E-state index in [0.29, 0.717) is 32.0 Å². The number of nitrogens with zero attached hydrogens (tertiary/aromatic N) is 2. The Bertz CT molecular complexity index is 535. The van der Waals surface area contributed by atoms with Gasteiger partial charge in [0.1, 0.15) is 17.5 Å². The van der Waals surface area contributed by atoms with Crippen molar-refractivity contribution in [2.45, 2.75) is 20.3 Å². The first-order chi connectivity index (χ1) is 10.2. The maximum absolute atomic E-state index is 11.8. The van der Waals surface area contributed by atoms with Crippen LogP contribution in [-0.2, 0) is 9.53 Å². The van der Waals surface area contributed by atoms with Gasteiger partial charge in [-0.25, -0.2) is 4.98 Å². The van der Waals surface area contributed by atoms with Crippen LogP contribution in [0.25, 0.3) is 0 Å². The van der Waals surface area contributed by atoms with Crippen LogP contribution in [0.4, 0.5) is 5.82 Å². The second-order valence-corrected chi connectivity index (χ2v) is 4.28. The van der Waals surface area contributed by atoms with Gasteiger partial charge in [0.15, 0.2) is 0 Å². The third-order valence-electron chi connectivity index (χ3n) is 2.57. The molecule has 6 nitrogen and oxygen atoms in total. The van der Waals surface area contributed by atoms with Gasteiger partial charge in [-0.05, 0) is 32.4 Å². The van der Waals surface area contributed by atoms with E-state index in [1.165, 1.54) is 6.20 Å². The summed E-state index contributed by atoms with van der Waals surface area (Å²) in [5.41, 5.74) is 0.863. The number of carbonyl (C=O) groups excluding carboxylic acids is 1. The van der Waals surface area contributed by atoms with Crippen molar-refractivity contribution in [2.75, 3.05) is 25.1 Å². The highest BCUT2D eigenvalue weighted by atomic mass is 16.5. The molecule has 0 unspecified atom stereocenters. The van der Waals surface area contributed by atoms with E-state index in [4.69, 9.17) is 10.00 Å². The van der Waals surface area contributed by atoms with E-state index < -0.39 is 5.91 Å². The van der Waals surface area contributed by atoms with Crippen molar-refractivity contribution in [1.29, 1.82) is 5.26 Å². The Labute approximate surface area is 124 Å². The lowest BCUT2D eigenvalue weighted by Gasteiger charge is -2.05. The number of nitrogens with one attached hydrogen (secondary N) is 2. The molecular weight excluding hydrogens is 268 g/mol. The van der Waals surface area contributed by atoms with Crippen molar-refractivity contribution in [3.8, 4) is 6.07 Å². The van der Waals surface area contributed by atoms with Crippen molar-refractivity contribution in [2.24, 2.45) is 0 Å². The van der Waals surface area contributed by atoms with E-state index in [-0.39, 0.29) is 5.57 Å². The number of rotatable bonds is 8. The first-order valence-corrected chi connectivity index (χ1v) is 6.83. The van der Waals surface area contributed by atoms with Gasteiger partial charge in [0.2, 0.25) is 0 Å². The molecule has 0 aromatic carbocycles. The van der Waals surface area contributed by atoms with Gasteiger partial charge in [-0.15, -0.1) is 0 Å². The fourth-order valence-electron chi connectivity index (χ4n) is 1.53. The van der Waals surface area contributed by atoms with Gasteiger partial charge in [0.05, 0.1) is 0 Å². The fourth-order valence-corrected chi connectivity index (χ4v) is 1.53. The van der Waals surface area contributed by atoms with Crippen LogP contribution in [0.2, 0.25) is 0 Å². The lowest BCUT2D eigenvalue weighted by molar-refractivity contribution is -0.117. The lowest BCUT2D eigenvalue weighted by atomic mass is 10.3. The van der Waals surface area contributed by atoms with Crippen LogP contribution in [0.1, 0.15) is 19.0 Å². The van der Waals surface area contributed by atoms with Gasteiger partial charge in [-0.3, -0.25) is 4.79 Å². The number of hydrogen-bond acceptors (Lipinski definition) is 5. The number of anilines is 1. The summed E-state index contributed by atoms with van der Waals surface area (Å²) in [6, 6.07) is 7.34. The van der Waals surface area contributed by atoms with Crippen molar-refractivity contribution in [3.63, 3.8) is 0 Å². The first kappa shape index (κ1) is 16.7. The Morgan fingerprint density at radius 3 is 3.00 bits per heavy atom. The van der Waals surface area contributed by atoms with E-state index in [2.05, 4.69) is 15.6 Å². The molecule has 21 heavy (non-hydrogen) atoms. The van der Waals surface area contributed by atoms with Gasteiger partial charge in [-0.2, -0.15) is 5.26 Å². The SMILES string of the molecule is CCOCCCNC(=O)/C(C#N)=C\Nc1cccc(C)n1. The Kier molecular flexibility index (Phi) is 7.54. The molecule has 1 rings (SSSR count). The lowest BCUT2D eigenvalue weighted by Crippen LogP contribution is -2.26. The maximum atomic E-state index is 11.8. The number of amides is 1. The molecule has 0 bridgehead atoms. The summed E-state index contributed by atoms with van der Waals surface area (Å²) in [6.07, 6.45) is 2.07. The predicted octanol–water partition coefficient (Wildman–Crippen LogP) is 1.75. The standard InChI is InChI=1S/C15H20N4O2/c1-3-21-9-5-8-17-15(20)13(10-16)11-18-14-7-4-6-12(2)19-14/h4,6-7,11H,3,5,8-9H2,1-2H3,(H,17,20)(H,18,19)/b13-11-. The average molecular weight is 288 g/mol. The molecule has 0 aliphatic rings. The molecule has 0 spiro atoms. The second-order valence-electron chi connectivity index (χ2n) is 4.28. The Morgan fingerprint density at radius 1 is 1.52 bits per heavy atom. The highest BCUT2D eigenvalue weighted by molar-refractivity contribution is 5.97.